The van der Waals surface area contributed by atoms with E-state index in [1.54, 1.807) is 17.0 Å². The topological polar surface area (TPSA) is 49.8 Å². The maximum atomic E-state index is 13.6. The van der Waals surface area contributed by atoms with Gasteiger partial charge in [0, 0.05) is 6.04 Å². The second-order valence-electron chi connectivity index (χ2n) is 7.83. The summed E-state index contributed by atoms with van der Waals surface area (Å²) in [5.74, 6) is -0.388. The highest BCUT2D eigenvalue weighted by Gasteiger charge is 2.40. The van der Waals surface area contributed by atoms with Gasteiger partial charge in [-0.15, -0.1) is 0 Å². The Morgan fingerprint density at radius 1 is 1.40 bits per heavy atom. The van der Waals surface area contributed by atoms with E-state index in [1.165, 1.54) is 12.1 Å². The average Bonchev–Trinajstić information content (AvgIpc) is 2.52. The van der Waals surface area contributed by atoms with E-state index in [0.29, 0.717) is 12.0 Å². The molecule has 0 aliphatic carbocycles. The molecule has 1 heterocycles. The molecule has 1 aliphatic rings. The summed E-state index contributed by atoms with van der Waals surface area (Å²) in [5.41, 5.74) is -0.102. The molecule has 140 valence electrons. The quantitative estimate of drug-likeness (QED) is 0.846. The zero-order valence-electron chi connectivity index (χ0n) is 15.7. The van der Waals surface area contributed by atoms with Gasteiger partial charge in [-0.2, -0.15) is 0 Å². The summed E-state index contributed by atoms with van der Waals surface area (Å²) < 4.78 is 19.1. The van der Waals surface area contributed by atoms with Gasteiger partial charge in [-0.3, -0.25) is 4.90 Å². The van der Waals surface area contributed by atoms with Crippen LogP contribution in [0.5, 0.6) is 0 Å². The number of halogens is 1. The number of amides is 1. The molecule has 0 saturated carbocycles. The first-order chi connectivity index (χ1) is 11.7. The van der Waals surface area contributed by atoms with Gasteiger partial charge < -0.3 is 9.84 Å². The number of likely N-dealkylation sites (tertiary alicyclic amines) is 1. The molecule has 0 aromatic heterocycles. The van der Waals surface area contributed by atoms with Gasteiger partial charge >= 0.3 is 6.09 Å². The van der Waals surface area contributed by atoms with Crippen LogP contribution < -0.4 is 0 Å². The van der Waals surface area contributed by atoms with Gasteiger partial charge in [0.05, 0.1) is 12.1 Å². The second-order valence-corrected chi connectivity index (χ2v) is 7.83. The number of nitrogens with zero attached hydrogens (tertiary/aromatic N) is 1. The lowest BCUT2D eigenvalue weighted by Gasteiger charge is -2.44. The van der Waals surface area contributed by atoms with Crippen molar-refractivity contribution in [1.82, 2.24) is 4.90 Å². The van der Waals surface area contributed by atoms with Crippen molar-refractivity contribution in [2.24, 2.45) is 0 Å². The summed E-state index contributed by atoms with van der Waals surface area (Å²) in [6.07, 6.45) is 3.00. The van der Waals surface area contributed by atoms with Gasteiger partial charge in [0.2, 0.25) is 0 Å². The minimum atomic E-state index is -0.928. The van der Waals surface area contributed by atoms with Crippen LogP contribution in [0.3, 0.4) is 0 Å². The van der Waals surface area contributed by atoms with Crippen LogP contribution >= 0.6 is 0 Å². The van der Waals surface area contributed by atoms with Crippen molar-refractivity contribution in [3.8, 4) is 0 Å². The predicted octanol–water partition coefficient (Wildman–Crippen LogP) is 4.82. The van der Waals surface area contributed by atoms with Crippen LogP contribution in [0.15, 0.2) is 24.3 Å². The van der Waals surface area contributed by atoms with Crippen LogP contribution in [-0.2, 0) is 4.74 Å². The standard InChI is InChI=1S/C20H30FNO3/c1-5-8-16-11-7-12-17(22(16)19(24)25-20(2,3)4)18(23)14-9-6-10-15(21)13-14/h6,9-10,13,16-18,23H,5,7-8,11-12H2,1-4H3/t16-,17+,18+/m0/s1. The van der Waals surface area contributed by atoms with Gasteiger partial charge in [0.1, 0.15) is 11.4 Å². The predicted molar refractivity (Wildman–Crippen MR) is 95.8 cm³/mol. The molecule has 0 unspecified atom stereocenters. The lowest BCUT2D eigenvalue weighted by atomic mass is 9.88. The Balaban J connectivity index is 2.29. The largest absolute Gasteiger partial charge is 0.444 e. The summed E-state index contributed by atoms with van der Waals surface area (Å²) in [6.45, 7) is 7.59. The molecular formula is C20H30FNO3. The number of piperidine rings is 1. The molecule has 1 fully saturated rings. The molecule has 0 bridgehead atoms. The number of ether oxygens (including phenoxy) is 1. The van der Waals surface area contributed by atoms with E-state index < -0.39 is 23.8 Å². The number of carbonyl (C=O) groups excluding carboxylic acids is 1. The first-order valence-corrected chi connectivity index (χ1v) is 9.17. The monoisotopic (exact) mass is 351 g/mol. The summed E-state index contributed by atoms with van der Waals surface area (Å²) in [5, 5.41) is 10.9. The molecule has 1 N–H and O–H groups in total. The van der Waals surface area contributed by atoms with Gasteiger partial charge in [0.25, 0.3) is 0 Å². The van der Waals surface area contributed by atoms with E-state index in [4.69, 9.17) is 4.74 Å². The van der Waals surface area contributed by atoms with Gasteiger partial charge in [-0.1, -0.05) is 25.5 Å². The third kappa shape index (κ3) is 5.18. The molecule has 1 saturated heterocycles. The molecule has 1 amide bonds. The molecular weight excluding hydrogens is 321 g/mol. The Hall–Kier alpha value is -1.62. The third-order valence-corrected chi connectivity index (χ3v) is 4.57. The van der Waals surface area contributed by atoms with Crippen LogP contribution in [0.25, 0.3) is 0 Å². The first kappa shape index (κ1) is 19.7. The smallest absolute Gasteiger partial charge is 0.410 e. The Morgan fingerprint density at radius 3 is 2.72 bits per heavy atom. The molecule has 0 radical (unpaired) electrons. The number of hydrogen-bond acceptors (Lipinski definition) is 3. The van der Waals surface area contributed by atoms with E-state index in [1.807, 2.05) is 20.8 Å². The highest BCUT2D eigenvalue weighted by molar-refractivity contribution is 5.69. The lowest BCUT2D eigenvalue weighted by molar-refractivity contribution is -0.0368. The number of aliphatic hydroxyl groups is 1. The van der Waals surface area contributed by atoms with Crippen molar-refractivity contribution in [3.05, 3.63) is 35.6 Å². The summed E-state index contributed by atoms with van der Waals surface area (Å²) in [6, 6.07) is 5.61. The fourth-order valence-electron chi connectivity index (χ4n) is 3.55. The molecule has 1 aliphatic heterocycles. The summed E-state index contributed by atoms with van der Waals surface area (Å²) in [7, 11) is 0. The second kappa shape index (κ2) is 8.17. The number of rotatable bonds is 4. The lowest BCUT2D eigenvalue weighted by Crippen LogP contribution is -2.53. The van der Waals surface area contributed by atoms with Crippen molar-refractivity contribution < 1.29 is 19.0 Å². The van der Waals surface area contributed by atoms with Crippen LogP contribution in [0.1, 0.15) is 71.5 Å². The molecule has 2 rings (SSSR count). The minimum Gasteiger partial charge on any atom is -0.444 e. The fourth-order valence-corrected chi connectivity index (χ4v) is 3.55. The van der Waals surface area contributed by atoms with Crippen molar-refractivity contribution in [3.63, 3.8) is 0 Å². The fraction of sp³-hybridized carbons (Fsp3) is 0.650. The maximum absolute atomic E-state index is 13.6. The van der Waals surface area contributed by atoms with Crippen LogP contribution in [0, 0.1) is 5.82 Å². The van der Waals surface area contributed by atoms with E-state index in [9.17, 15) is 14.3 Å². The number of benzene rings is 1. The maximum Gasteiger partial charge on any atom is 0.410 e. The van der Waals surface area contributed by atoms with Crippen molar-refractivity contribution in [1.29, 1.82) is 0 Å². The van der Waals surface area contributed by atoms with E-state index in [-0.39, 0.29) is 11.9 Å². The SMILES string of the molecule is CCC[C@H]1CCC[C@H]([C@H](O)c2cccc(F)c2)N1C(=O)OC(C)(C)C. The Kier molecular flexibility index (Phi) is 6.44. The van der Waals surface area contributed by atoms with Gasteiger partial charge in [-0.05, 0) is 64.2 Å². The highest BCUT2D eigenvalue weighted by Crippen LogP contribution is 2.34. The van der Waals surface area contributed by atoms with Gasteiger partial charge in [-0.25, -0.2) is 9.18 Å². The molecule has 25 heavy (non-hydrogen) atoms. The van der Waals surface area contributed by atoms with Crippen LogP contribution in [-0.4, -0.2) is 33.8 Å². The Morgan fingerprint density at radius 2 is 2.12 bits per heavy atom. The average molecular weight is 351 g/mol. The molecule has 1 aromatic carbocycles. The Bertz CT molecular complexity index is 583. The van der Waals surface area contributed by atoms with Crippen LogP contribution in [0.2, 0.25) is 0 Å². The first-order valence-electron chi connectivity index (χ1n) is 9.17. The van der Waals surface area contributed by atoms with E-state index in [0.717, 1.165) is 25.7 Å². The zero-order valence-corrected chi connectivity index (χ0v) is 15.7. The highest BCUT2D eigenvalue weighted by atomic mass is 19.1. The number of hydrogen-bond donors (Lipinski definition) is 1. The molecule has 3 atom stereocenters. The van der Waals surface area contributed by atoms with Crippen LogP contribution in [0.4, 0.5) is 9.18 Å². The number of carbonyl (C=O) groups is 1. The summed E-state index contributed by atoms with van der Waals surface area (Å²) in [4.78, 5) is 14.5. The van der Waals surface area contributed by atoms with E-state index in [2.05, 4.69) is 6.92 Å². The van der Waals surface area contributed by atoms with Crippen molar-refractivity contribution >= 4 is 6.09 Å². The number of aliphatic hydroxyl groups excluding tert-OH is 1. The van der Waals surface area contributed by atoms with Crippen molar-refractivity contribution in [2.75, 3.05) is 0 Å². The molecule has 5 heteroatoms. The summed E-state index contributed by atoms with van der Waals surface area (Å²) >= 11 is 0. The zero-order chi connectivity index (χ0) is 18.6. The van der Waals surface area contributed by atoms with Gasteiger partial charge in [0.15, 0.2) is 0 Å². The molecule has 4 nitrogen and oxygen atoms in total. The normalized spacial score (nSPS) is 22.6. The third-order valence-electron chi connectivity index (χ3n) is 4.57. The Labute approximate surface area is 150 Å². The van der Waals surface area contributed by atoms with Crippen molar-refractivity contribution in [2.45, 2.75) is 83.6 Å². The molecule has 1 aromatic rings. The van der Waals surface area contributed by atoms with E-state index >= 15 is 0 Å². The minimum absolute atomic E-state index is 0.0433. The molecule has 0 spiro atoms.